The molecule has 1 saturated carbocycles. The highest BCUT2D eigenvalue weighted by Gasteiger charge is 2.50. The van der Waals surface area contributed by atoms with Crippen molar-refractivity contribution in [2.24, 2.45) is 11.8 Å². The molecule has 3 amide bonds. The van der Waals surface area contributed by atoms with Gasteiger partial charge in [-0.05, 0) is 72.9 Å². The zero-order chi connectivity index (χ0) is 28.2. The van der Waals surface area contributed by atoms with Crippen molar-refractivity contribution < 1.29 is 23.9 Å². The molecule has 7 nitrogen and oxygen atoms in total. The minimum Gasteiger partial charge on any atom is -0.452 e. The van der Waals surface area contributed by atoms with Crippen molar-refractivity contribution >= 4 is 35.1 Å². The third kappa shape index (κ3) is 5.41. The fraction of sp³-hybridized carbons (Fsp3) is 0.333. The molecule has 0 bridgehead atoms. The number of esters is 1. The van der Waals surface area contributed by atoms with Crippen molar-refractivity contribution in [2.45, 2.75) is 51.9 Å². The van der Waals surface area contributed by atoms with Crippen molar-refractivity contribution in [3.05, 3.63) is 95.1 Å². The van der Waals surface area contributed by atoms with Gasteiger partial charge >= 0.3 is 5.97 Å². The van der Waals surface area contributed by atoms with Crippen LogP contribution >= 0.6 is 0 Å². The van der Waals surface area contributed by atoms with Gasteiger partial charge in [-0.1, -0.05) is 68.4 Å². The topological polar surface area (TPSA) is 92.8 Å². The molecule has 2 fully saturated rings. The van der Waals surface area contributed by atoms with Crippen LogP contribution in [0.2, 0.25) is 0 Å². The molecular weight excluding hydrogens is 504 g/mol. The second-order valence-electron chi connectivity index (χ2n) is 10.5. The van der Waals surface area contributed by atoms with Crippen LogP contribution < -0.4 is 10.2 Å². The van der Waals surface area contributed by atoms with E-state index in [-0.39, 0.29) is 35.1 Å². The summed E-state index contributed by atoms with van der Waals surface area (Å²) in [6.45, 7) is 3.59. The number of carbonyl (C=O) groups is 4. The number of rotatable bonds is 8. The number of ether oxygens (including phenoxy) is 1. The number of para-hydroxylation sites is 1. The van der Waals surface area contributed by atoms with Crippen LogP contribution in [0.3, 0.4) is 0 Å². The molecule has 1 aliphatic carbocycles. The summed E-state index contributed by atoms with van der Waals surface area (Å²) in [5, 5.41) is 2.89. The summed E-state index contributed by atoms with van der Waals surface area (Å²) in [6, 6.07) is 22.3. The maximum atomic E-state index is 13.4. The molecule has 3 aromatic rings. The summed E-state index contributed by atoms with van der Waals surface area (Å²) >= 11 is 0. The highest BCUT2D eigenvalue weighted by molar-refractivity contribution is 6.22. The number of hydrogen-bond donors (Lipinski definition) is 1. The van der Waals surface area contributed by atoms with E-state index < -0.39 is 18.5 Å². The fourth-order valence-corrected chi connectivity index (χ4v) is 6.03. The molecule has 206 valence electrons. The summed E-state index contributed by atoms with van der Waals surface area (Å²) in [6.07, 6.45) is 3.67. The van der Waals surface area contributed by atoms with Gasteiger partial charge in [0.1, 0.15) is 0 Å². The van der Waals surface area contributed by atoms with Crippen LogP contribution in [0.25, 0.3) is 0 Å². The van der Waals surface area contributed by atoms with E-state index in [4.69, 9.17) is 4.74 Å². The Balaban J connectivity index is 1.25. The largest absolute Gasteiger partial charge is 0.452 e. The van der Waals surface area contributed by atoms with Crippen molar-refractivity contribution in [1.82, 2.24) is 0 Å². The maximum absolute atomic E-state index is 13.4. The number of carbonyl (C=O) groups excluding carboxylic acids is 4. The van der Waals surface area contributed by atoms with Crippen molar-refractivity contribution in [2.75, 3.05) is 16.8 Å². The quantitative estimate of drug-likeness (QED) is 0.294. The first kappa shape index (κ1) is 27.3. The number of anilines is 2. The van der Waals surface area contributed by atoms with Crippen LogP contribution in [0.4, 0.5) is 11.4 Å². The number of hydrogen-bond acceptors (Lipinski definition) is 5. The molecule has 2 aliphatic rings. The summed E-state index contributed by atoms with van der Waals surface area (Å²) in [5.41, 5.74) is 4.51. The van der Waals surface area contributed by atoms with E-state index in [0.717, 1.165) is 36.1 Å². The Morgan fingerprint density at radius 3 is 2.23 bits per heavy atom. The minimum atomic E-state index is -0.697. The first-order chi connectivity index (χ1) is 19.4. The molecule has 0 aromatic heterocycles. The average Bonchev–Trinajstić information content (AvgIpc) is 3.25. The smallest absolute Gasteiger partial charge is 0.338 e. The summed E-state index contributed by atoms with van der Waals surface area (Å²) in [7, 11) is 0. The molecule has 3 aromatic carbocycles. The SMILES string of the molecule is CCc1cccc(CC)c1NC(=O)COC(=O)c1cccc(N2C(=O)[C@@H]3CC[C@@H](c4ccccc4)C[C@H]3C2=O)c1. The molecular formula is C33H34N2O5. The highest BCUT2D eigenvalue weighted by Crippen LogP contribution is 2.45. The standard InChI is InChI=1S/C33H34N2O5/c1-3-21-12-8-13-22(4-2)30(21)34-29(36)20-40-33(39)25-14-9-15-26(18-25)35-31(37)27-17-16-24(19-28(27)32(35)38)23-10-6-5-7-11-23/h5-15,18,24,27-28H,3-4,16-17,19-20H2,1-2H3,(H,34,36)/t24-,27-,28-/m1/s1. The number of benzene rings is 3. The molecule has 0 unspecified atom stereocenters. The second kappa shape index (κ2) is 11.9. The predicted octanol–water partition coefficient (Wildman–Crippen LogP) is 5.68. The summed E-state index contributed by atoms with van der Waals surface area (Å²) in [5.74, 6) is -2.03. The average molecular weight is 539 g/mol. The van der Waals surface area contributed by atoms with Crippen LogP contribution in [0, 0.1) is 11.8 Å². The first-order valence-electron chi connectivity index (χ1n) is 14.0. The van der Waals surface area contributed by atoms with Crippen LogP contribution in [0.15, 0.2) is 72.8 Å². The van der Waals surface area contributed by atoms with Gasteiger partial charge in [0.25, 0.3) is 5.91 Å². The Morgan fingerprint density at radius 2 is 1.52 bits per heavy atom. The number of imide groups is 1. The molecule has 5 rings (SSSR count). The van der Waals surface area contributed by atoms with Gasteiger partial charge in [-0.2, -0.15) is 0 Å². The lowest BCUT2D eigenvalue weighted by atomic mass is 9.73. The van der Waals surface area contributed by atoms with Crippen LogP contribution in [0.5, 0.6) is 0 Å². The lowest BCUT2D eigenvalue weighted by Gasteiger charge is -2.28. The predicted molar refractivity (Wildman–Crippen MR) is 153 cm³/mol. The van der Waals surface area contributed by atoms with Gasteiger partial charge in [-0.3, -0.25) is 19.3 Å². The normalized spacial score (nSPS) is 20.2. The number of amides is 3. The fourth-order valence-electron chi connectivity index (χ4n) is 6.03. The van der Waals surface area contributed by atoms with E-state index in [1.165, 1.54) is 16.5 Å². The van der Waals surface area contributed by atoms with Crippen molar-refractivity contribution in [1.29, 1.82) is 0 Å². The van der Waals surface area contributed by atoms with Gasteiger partial charge in [0, 0.05) is 5.69 Å². The Hall–Kier alpha value is -4.26. The number of aryl methyl sites for hydroxylation is 2. The van der Waals surface area contributed by atoms with E-state index in [9.17, 15) is 19.2 Å². The second-order valence-corrected chi connectivity index (χ2v) is 10.5. The van der Waals surface area contributed by atoms with Crippen LogP contribution in [-0.2, 0) is 32.0 Å². The Bertz CT molecular complexity index is 1410. The van der Waals surface area contributed by atoms with Gasteiger partial charge in [0.2, 0.25) is 11.8 Å². The van der Waals surface area contributed by atoms with Gasteiger partial charge < -0.3 is 10.1 Å². The Kier molecular flexibility index (Phi) is 8.10. The summed E-state index contributed by atoms with van der Waals surface area (Å²) < 4.78 is 5.30. The molecule has 7 heteroatoms. The number of fused-ring (bicyclic) bond motifs is 1. The first-order valence-corrected chi connectivity index (χ1v) is 14.0. The van der Waals surface area contributed by atoms with Gasteiger partial charge in [0.05, 0.1) is 23.1 Å². The van der Waals surface area contributed by atoms with Crippen molar-refractivity contribution in [3.63, 3.8) is 0 Å². The summed E-state index contributed by atoms with van der Waals surface area (Å²) in [4.78, 5) is 53.4. The van der Waals surface area contributed by atoms with E-state index in [0.29, 0.717) is 18.5 Å². The molecule has 1 heterocycles. The molecule has 1 aliphatic heterocycles. The van der Waals surface area contributed by atoms with E-state index in [1.54, 1.807) is 18.2 Å². The molecule has 1 saturated heterocycles. The zero-order valence-electron chi connectivity index (χ0n) is 22.9. The van der Waals surface area contributed by atoms with E-state index in [1.807, 2.05) is 50.2 Å². The third-order valence-corrected chi connectivity index (χ3v) is 8.13. The van der Waals surface area contributed by atoms with Gasteiger partial charge in [0.15, 0.2) is 6.61 Å². The third-order valence-electron chi connectivity index (χ3n) is 8.13. The number of nitrogens with zero attached hydrogens (tertiary/aromatic N) is 1. The van der Waals surface area contributed by atoms with E-state index >= 15 is 0 Å². The molecule has 0 radical (unpaired) electrons. The Morgan fingerprint density at radius 1 is 0.850 bits per heavy atom. The molecule has 0 spiro atoms. The highest BCUT2D eigenvalue weighted by atomic mass is 16.5. The van der Waals surface area contributed by atoms with Crippen molar-refractivity contribution in [3.8, 4) is 0 Å². The van der Waals surface area contributed by atoms with Gasteiger partial charge in [-0.25, -0.2) is 4.79 Å². The molecule has 1 N–H and O–H groups in total. The molecule has 40 heavy (non-hydrogen) atoms. The lowest BCUT2D eigenvalue weighted by molar-refractivity contribution is -0.122. The van der Waals surface area contributed by atoms with Crippen LogP contribution in [0.1, 0.15) is 66.1 Å². The Labute approximate surface area is 234 Å². The van der Waals surface area contributed by atoms with Crippen LogP contribution in [-0.4, -0.2) is 30.3 Å². The maximum Gasteiger partial charge on any atom is 0.338 e. The van der Waals surface area contributed by atoms with E-state index in [2.05, 4.69) is 17.4 Å². The van der Waals surface area contributed by atoms with Gasteiger partial charge in [-0.15, -0.1) is 0 Å². The zero-order valence-corrected chi connectivity index (χ0v) is 22.9. The minimum absolute atomic E-state index is 0.172. The lowest BCUT2D eigenvalue weighted by Crippen LogP contribution is -2.31. The monoisotopic (exact) mass is 538 g/mol. The molecule has 3 atom stereocenters. The number of nitrogens with one attached hydrogen (secondary N) is 1.